The second-order valence-electron chi connectivity index (χ2n) is 5.24. The van der Waals surface area contributed by atoms with Crippen LogP contribution in [0.5, 0.6) is 0 Å². The Hall–Kier alpha value is -1.27. The Kier molecular flexibility index (Phi) is 8.48. The van der Waals surface area contributed by atoms with Crippen molar-refractivity contribution in [3.05, 3.63) is 35.4 Å². The molecule has 0 bridgehead atoms. The monoisotopic (exact) mass is 338 g/mol. The summed E-state index contributed by atoms with van der Waals surface area (Å²) in [5.74, 6) is -0.535. The van der Waals surface area contributed by atoms with Crippen molar-refractivity contribution < 1.29 is 18.0 Å². The molecule has 2 atom stereocenters. The summed E-state index contributed by atoms with van der Waals surface area (Å²) in [5, 5.41) is 5.77. The van der Waals surface area contributed by atoms with Crippen LogP contribution in [0.15, 0.2) is 24.3 Å². The molecule has 0 spiro atoms. The van der Waals surface area contributed by atoms with Crippen LogP contribution in [0.25, 0.3) is 0 Å². The van der Waals surface area contributed by atoms with Crippen molar-refractivity contribution in [3.8, 4) is 0 Å². The Balaban J connectivity index is 0.00000441. The van der Waals surface area contributed by atoms with Gasteiger partial charge < -0.3 is 10.6 Å². The number of carbonyl (C=O) groups is 1. The van der Waals surface area contributed by atoms with Crippen molar-refractivity contribution in [1.82, 2.24) is 10.6 Å². The summed E-state index contributed by atoms with van der Waals surface area (Å²) in [5.41, 5.74) is -0.175. The first kappa shape index (κ1) is 20.7. The van der Waals surface area contributed by atoms with E-state index in [1.165, 1.54) is 6.07 Å². The van der Waals surface area contributed by atoms with Crippen LogP contribution in [0, 0.1) is 5.92 Å². The molecule has 3 nitrogen and oxygen atoms in total. The van der Waals surface area contributed by atoms with E-state index in [1.807, 2.05) is 6.92 Å². The van der Waals surface area contributed by atoms with Gasteiger partial charge in [-0.3, -0.25) is 4.79 Å². The Morgan fingerprint density at radius 1 is 1.27 bits per heavy atom. The van der Waals surface area contributed by atoms with E-state index in [2.05, 4.69) is 10.6 Å². The van der Waals surface area contributed by atoms with E-state index in [0.29, 0.717) is 12.1 Å². The molecule has 0 heterocycles. The lowest BCUT2D eigenvalue weighted by Crippen LogP contribution is -2.39. The zero-order chi connectivity index (χ0) is 16.0. The summed E-state index contributed by atoms with van der Waals surface area (Å²) in [7, 11) is 1.79. The largest absolute Gasteiger partial charge is 0.416 e. The molecule has 2 N–H and O–H groups in total. The first-order valence-electron chi connectivity index (χ1n) is 6.85. The van der Waals surface area contributed by atoms with E-state index < -0.39 is 11.7 Å². The molecule has 126 valence electrons. The van der Waals surface area contributed by atoms with Gasteiger partial charge >= 0.3 is 6.18 Å². The van der Waals surface area contributed by atoms with Gasteiger partial charge in [-0.1, -0.05) is 25.1 Å². The summed E-state index contributed by atoms with van der Waals surface area (Å²) < 4.78 is 37.9. The van der Waals surface area contributed by atoms with Gasteiger partial charge in [0.15, 0.2) is 0 Å². The van der Waals surface area contributed by atoms with Crippen molar-refractivity contribution in [3.63, 3.8) is 0 Å². The van der Waals surface area contributed by atoms with E-state index in [9.17, 15) is 18.0 Å². The predicted molar refractivity (Wildman–Crippen MR) is 83.1 cm³/mol. The maximum atomic E-state index is 12.6. The fourth-order valence-electron chi connectivity index (χ4n) is 1.85. The molecule has 2 unspecified atom stereocenters. The lowest BCUT2D eigenvalue weighted by Gasteiger charge is -2.16. The summed E-state index contributed by atoms with van der Waals surface area (Å²) in [6.45, 7) is 4.12. The van der Waals surface area contributed by atoms with Gasteiger partial charge in [0.2, 0.25) is 5.91 Å². The Bertz CT molecular complexity index is 480. The zero-order valence-corrected chi connectivity index (χ0v) is 13.6. The zero-order valence-electron chi connectivity index (χ0n) is 12.8. The molecule has 0 fully saturated rings. The summed E-state index contributed by atoms with van der Waals surface area (Å²) in [6, 6.07) is 5.25. The maximum absolute atomic E-state index is 12.6. The average Bonchev–Trinajstić information content (AvgIpc) is 2.43. The first-order chi connectivity index (χ1) is 9.74. The minimum atomic E-state index is -4.36. The Morgan fingerprint density at radius 3 is 2.45 bits per heavy atom. The molecule has 0 aliphatic carbocycles. The van der Waals surface area contributed by atoms with Gasteiger partial charge in [0, 0.05) is 18.5 Å². The lowest BCUT2D eigenvalue weighted by atomic mass is 9.98. The molecule has 0 saturated carbocycles. The van der Waals surface area contributed by atoms with Crippen LogP contribution in [-0.2, 0) is 17.4 Å². The molecule has 0 saturated heterocycles. The third kappa shape index (κ3) is 6.66. The highest BCUT2D eigenvalue weighted by atomic mass is 35.5. The van der Waals surface area contributed by atoms with Crippen LogP contribution in [-0.4, -0.2) is 25.5 Å². The third-order valence-corrected chi connectivity index (χ3v) is 3.32. The standard InChI is InChI=1S/C15H21F3N2O.ClH/c1-10(14(21)20-9-11(2)19-3)7-12-5-4-6-13(8-12)15(16,17)18;/h4-6,8,10-11,19H,7,9H2,1-3H3,(H,20,21);1H. The number of halogens is 4. The van der Waals surface area contributed by atoms with Crippen LogP contribution in [0.1, 0.15) is 25.0 Å². The SMILES string of the molecule is CNC(C)CNC(=O)C(C)Cc1cccc(C(F)(F)F)c1.Cl. The summed E-state index contributed by atoms with van der Waals surface area (Å²) >= 11 is 0. The number of hydrogen-bond acceptors (Lipinski definition) is 2. The summed E-state index contributed by atoms with van der Waals surface area (Å²) in [6.07, 6.45) is -4.08. The molecule has 0 aromatic heterocycles. The van der Waals surface area contributed by atoms with Gasteiger partial charge in [-0.15, -0.1) is 12.4 Å². The van der Waals surface area contributed by atoms with Crippen molar-refractivity contribution in [2.75, 3.05) is 13.6 Å². The van der Waals surface area contributed by atoms with Gasteiger partial charge in [0.1, 0.15) is 0 Å². The maximum Gasteiger partial charge on any atom is 0.416 e. The van der Waals surface area contributed by atoms with Crippen LogP contribution in [0.4, 0.5) is 13.2 Å². The van der Waals surface area contributed by atoms with Crippen LogP contribution in [0.3, 0.4) is 0 Å². The minimum absolute atomic E-state index is 0. The molecule has 0 radical (unpaired) electrons. The molecule has 0 aliphatic rings. The number of hydrogen-bond donors (Lipinski definition) is 2. The number of likely N-dealkylation sites (N-methyl/N-ethyl adjacent to an activating group) is 1. The highest BCUT2D eigenvalue weighted by Crippen LogP contribution is 2.29. The van der Waals surface area contributed by atoms with Gasteiger partial charge in [-0.25, -0.2) is 0 Å². The number of nitrogens with one attached hydrogen (secondary N) is 2. The van der Waals surface area contributed by atoms with Gasteiger partial charge in [-0.2, -0.15) is 13.2 Å². The smallest absolute Gasteiger partial charge is 0.354 e. The van der Waals surface area contributed by atoms with Gasteiger partial charge in [0.05, 0.1) is 5.56 Å². The molecular formula is C15H22ClF3N2O. The minimum Gasteiger partial charge on any atom is -0.354 e. The number of alkyl halides is 3. The van der Waals surface area contributed by atoms with Crippen LogP contribution < -0.4 is 10.6 Å². The normalized spacial score (nSPS) is 13.9. The quantitative estimate of drug-likeness (QED) is 0.837. The Labute approximate surface area is 135 Å². The molecular weight excluding hydrogens is 317 g/mol. The van der Waals surface area contributed by atoms with Crippen molar-refractivity contribution in [2.24, 2.45) is 5.92 Å². The fourth-order valence-corrected chi connectivity index (χ4v) is 1.85. The second kappa shape index (κ2) is 9.00. The molecule has 1 aromatic carbocycles. The number of amides is 1. The number of rotatable bonds is 6. The molecule has 7 heteroatoms. The fraction of sp³-hybridized carbons (Fsp3) is 0.533. The van der Waals surface area contributed by atoms with Crippen LogP contribution in [0.2, 0.25) is 0 Å². The summed E-state index contributed by atoms with van der Waals surface area (Å²) in [4.78, 5) is 11.9. The van der Waals surface area contributed by atoms with Crippen molar-refractivity contribution in [2.45, 2.75) is 32.5 Å². The van der Waals surface area contributed by atoms with Crippen molar-refractivity contribution >= 4 is 18.3 Å². The first-order valence-corrected chi connectivity index (χ1v) is 6.85. The van der Waals surface area contributed by atoms with Gasteiger partial charge in [-0.05, 0) is 32.0 Å². The van der Waals surface area contributed by atoms with Crippen molar-refractivity contribution in [1.29, 1.82) is 0 Å². The molecule has 0 aliphatic heterocycles. The highest BCUT2D eigenvalue weighted by molar-refractivity contribution is 5.85. The average molecular weight is 339 g/mol. The van der Waals surface area contributed by atoms with Crippen LogP contribution >= 0.6 is 12.4 Å². The molecule has 1 rings (SSSR count). The van der Waals surface area contributed by atoms with E-state index in [4.69, 9.17) is 0 Å². The van der Waals surface area contributed by atoms with E-state index in [0.717, 1.165) is 12.1 Å². The molecule has 22 heavy (non-hydrogen) atoms. The van der Waals surface area contributed by atoms with E-state index in [-0.39, 0.29) is 36.7 Å². The van der Waals surface area contributed by atoms with E-state index in [1.54, 1.807) is 20.0 Å². The third-order valence-electron chi connectivity index (χ3n) is 3.32. The molecule has 1 aromatic rings. The highest BCUT2D eigenvalue weighted by Gasteiger charge is 2.30. The topological polar surface area (TPSA) is 41.1 Å². The lowest BCUT2D eigenvalue weighted by molar-refractivity contribution is -0.137. The number of benzene rings is 1. The number of carbonyl (C=O) groups excluding carboxylic acids is 1. The van der Waals surface area contributed by atoms with Gasteiger partial charge in [0.25, 0.3) is 0 Å². The molecule has 1 amide bonds. The Morgan fingerprint density at radius 2 is 1.91 bits per heavy atom. The second-order valence-corrected chi connectivity index (χ2v) is 5.24. The predicted octanol–water partition coefficient (Wildman–Crippen LogP) is 3.03. The van der Waals surface area contributed by atoms with E-state index >= 15 is 0 Å².